The Labute approximate surface area is 195 Å². The number of hydrogen-bond donors (Lipinski definition) is 1. The lowest BCUT2D eigenvalue weighted by Gasteiger charge is -2.33. The molecular formula is C32H25N. The van der Waals surface area contributed by atoms with Crippen molar-refractivity contribution in [2.75, 3.05) is 5.32 Å². The largest absolute Gasteiger partial charge is 0.356 e. The summed E-state index contributed by atoms with van der Waals surface area (Å²) >= 11 is 0. The maximum Gasteiger partial charge on any atom is 0.0713 e. The first kappa shape index (κ1) is 19.6. The molecule has 1 heteroatoms. The molecule has 0 aliphatic heterocycles. The van der Waals surface area contributed by atoms with E-state index in [0.29, 0.717) is 0 Å². The third kappa shape index (κ3) is 3.08. The van der Waals surface area contributed by atoms with Crippen molar-refractivity contribution in [2.45, 2.75) is 12.3 Å². The highest BCUT2D eigenvalue weighted by molar-refractivity contribution is 5.88. The van der Waals surface area contributed by atoms with Gasteiger partial charge in [0, 0.05) is 11.4 Å². The van der Waals surface area contributed by atoms with Crippen LogP contribution in [0.15, 0.2) is 127 Å². The summed E-state index contributed by atoms with van der Waals surface area (Å²) in [6.45, 7) is 2.11. The van der Waals surface area contributed by atoms with Gasteiger partial charge >= 0.3 is 0 Å². The van der Waals surface area contributed by atoms with Gasteiger partial charge in [-0.2, -0.15) is 0 Å². The second-order valence-corrected chi connectivity index (χ2v) is 8.78. The molecule has 1 N–H and O–H groups in total. The maximum absolute atomic E-state index is 3.60. The summed E-state index contributed by atoms with van der Waals surface area (Å²) in [6.07, 6.45) is 0. The summed E-state index contributed by atoms with van der Waals surface area (Å²) in [7, 11) is 0. The quantitative estimate of drug-likeness (QED) is 0.302. The Hall–Kier alpha value is -4.10. The summed E-state index contributed by atoms with van der Waals surface area (Å²) in [4.78, 5) is 0. The minimum Gasteiger partial charge on any atom is -0.356 e. The van der Waals surface area contributed by atoms with Gasteiger partial charge in [-0.25, -0.2) is 0 Å². The lowest BCUT2D eigenvalue weighted by Crippen LogP contribution is -2.28. The van der Waals surface area contributed by atoms with Crippen molar-refractivity contribution in [3.63, 3.8) is 0 Å². The predicted molar refractivity (Wildman–Crippen MR) is 138 cm³/mol. The molecule has 33 heavy (non-hydrogen) atoms. The van der Waals surface area contributed by atoms with Crippen LogP contribution in [0.5, 0.6) is 0 Å². The zero-order chi connectivity index (χ0) is 22.3. The molecule has 0 atom stereocenters. The van der Waals surface area contributed by atoms with Gasteiger partial charge in [0.25, 0.3) is 0 Å². The Kier molecular flexibility index (Phi) is 4.62. The van der Waals surface area contributed by atoms with Gasteiger partial charge < -0.3 is 5.32 Å². The predicted octanol–water partition coefficient (Wildman–Crippen LogP) is 8.10. The Morgan fingerprint density at radius 2 is 1.03 bits per heavy atom. The monoisotopic (exact) mass is 423 g/mol. The summed E-state index contributed by atoms with van der Waals surface area (Å²) in [6, 6.07) is 46.1. The first-order valence-corrected chi connectivity index (χ1v) is 11.5. The molecule has 5 aromatic rings. The lowest BCUT2D eigenvalue weighted by molar-refractivity contribution is 0.768. The Balaban J connectivity index is 1.60. The van der Waals surface area contributed by atoms with Crippen LogP contribution in [-0.2, 0) is 5.41 Å². The van der Waals surface area contributed by atoms with Crippen LogP contribution in [0.3, 0.4) is 0 Å². The second kappa shape index (κ2) is 7.79. The smallest absolute Gasteiger partial charge is 0.0713 e. The summed E-state index contributed by atoms with van der Waals surface area (Å²) < 4.78 is 0. The van der Waals surface area contributed by atoms with Crippen LogP contribution < -0.4 is 5.32 Å². The number of nitrogens with one attached hydrogen (secondary N) is 1. The summed E-state index contributed by atoms with van der Waals surface area (Å²) in [5.74, 6) is 0. The maximum atomic E-state index is 3.60. The average Bonchev–Trinajstić information content (AvgIpc) is 3.17. The number of fused-ring (bicyclic) bond motifs is 3. The molecule has 0 amide bonds. The molecular weight excluding hydrogens is 398 g/mol. The highest BCUT2D eigenvalue weighted by atomic mass is 14.9. The van der Waals surface area contributed by atoms with Gasteiger partial charge in [-0.3, -0.25) is 0 Å². The van der Waals surface area contributed by atoms with E-state index in [4.69, 9.17) is 0 Å². The minimum absolute atomic E-state index is 0.336. The fourth-order valence-corrected chi connectivity index (χ4v) is 5.33. The number of anilines is 2. The SMILES string of the molecule is Cc1ccc(Nc2ccc3c(c2)-c2ccccc2C3(c2ccccc2)c2ccccc2)cc1. The van der Waals surface area contributed by atoms with Gasteiger partial charge in [0.1, 0.15) is 0 Å². The van der Waals surface area contributed by atoms with Gasteiger partial charge in [-0.05, 0) is 64.6 Å². The van der Waals surface area contributed by atoms with Gasteiger partial charge in [0.2, 0.25) is 0 Å². The van der Waals surface area contributed by atoms with Crippen LogP contribution >= 0.6 is 0 Å². The highest BCUT2D eigenvalue weighted by Crippen LogP contribution is 2.56. The van der Waals surface area contributed by atoms with Crippen LogP contribution in [0.2, 0.25) is 0 Å². The molecule has 0 unspecified atom stereocenters. The zero-order valence-electron chi connectivity index (χ0n) is 18.6. The molecule has 0 bridgehead atoms. The average molecular weight is 424 g/mol. The van der Waals surface area contributed by atoms with E-state index in [1.807, 2.05) is 0 Å². The Morgan fingerprint density at radius 3 is 1.70 bits per heavy atom. The summed E-state index contributed by atoms with van der Waals surface area (Å²) in [5, 5.41) is 3.60. The van der Waals surface area contributed by atoms with E-state index in [2.05, 4.69) is 140 Å². The van der Waals surface area contributed by atoms with Crippen molar-refractivity contribution >= 4 is 11.4 Å². The molecule has 0 fully saturated rings. The first-order valence-electron chi connectivity index (χ1n) is 11.5. The van der Waals surface area contributed by atoms with Crippen LogP contribution in [0, 0.1) is 6.92 Å². The number of aryl methyl sites for hydroxylation is 1. The van der Waals surface area contributed by atoms with E-state index >= 15 is 0 Å². The Bertz CT molecular complexity index is 1380. The molecule has 0 spiro atoms. The molecule has 0 aromatic heterocycles. The fourth-order valence-electron chi connectivity index (χ4n) is 5.33. The van der Waals surface area contributed by atoms with E-state index in [-0.39, 0.29) is 5.41 Å². The normalized spacial score (nSPS) is 13.2. The van der Waals surface area contributed by atoms with Gasteiger partial charge in [-0.15, -0.1) is 0 Å². The first-order chi connectivity index (χ1) is 16.3. The van der Waals surface area contributed by atoms with Gasteiger partial charge in [-0.1, -0.05) is 109 Å². The van der Waals surface area contributed by atoms with Crippen molar-refractivity contribution in [3.8, 4) is 11.1 Å². The standard InChI is InChI=1S/C32H25N/c1-23-16-18-26(19-17-23)33-27-20-21-31-29(22-27)28-14-8-9-15-30(28)32(31,24-10-4-2-5-11-24)25-12-6-3-7-13-25/h2-22,33H,1H3. The summed E-state index contributed by atoms with van der Waals surface area (Å²) in [5.41, 5.74) is 11.0. The fraction of sp³-hybridized carbons (Fsp3) is 0.0625. The van der Waals surface area contributed by atoms with Crippen molar-refractivity contribution in [2.24, 2.45) is 0 Å². The van der Waals surface area contributed by atoms with Crippen LogP contribution in [-0.4, -0.2) is 0 Å². The third-order valence-corrected chi connectivity index (χ3v) is 6.80. The van der Waals surface area contributed by atoms with E-state index in [1.54, 1.807) is 0 Å². The number of rotatable bonds is 4. The minimum atomic E-state index is -0.336. The lowest BCUT2D eigenvalue weighted by atomic mass is 9.68. The van der Waals surface area contributed by atoms with Gasteiger partial charge in [0.05, 0.1) is 5.41 Å². The van der Waals surface area contributed by atoms with Crippen molar-refractivity contribution in [1.29, 1.82) is 0 Å². The van der Waals surface area contributed by atoms with Crippen LogP contribution in [0.1, 0.15) is 27.8 Å². The third-order valence-electron chi connectivity index (χ3n) is 6.80. The topological polar surface area (TPSA) is 12.0 Å². The molecule has 0 heterocycles. The molecule has 6 rings (SSSR count). The molecule has 1 aliphatic carbocycles. The van der Waals surface area contributed by atoms with Crippen molar-refractivity contribution < 1.29 is 0 Å². The van der Waals surface area contributed by atoms with Gasteiger partial charge in [0.15, 0.2) is 0 Å². The molecule has 1 nitrogen and oxygen atoms in total. The van der Waals surface area contributed by atoms with Crippen molar-refractivity contribution in [1.82, 2.24) is 0 Å². The van der Waals surface area contributed by atoms with Crippen LogP contribution in [0.25, 0.3) is 11.1 Å². The van der Waals surface area contributed by atoms with E-state index < -0.39 is 0 Å². The van der Waals surface area contributed by atoms with E-state index in [9.17, 15) is 0 Å². The highest BCUT2D eigenvalue weighted by Gasteiger charge is 2.45. The molecule has 0 saturated carbocycles. The van der Waals surface area contributed by atoms with Crippen LogP contribution in [0.4, 0.5) is 11.4 Å². The molecule has 0 saturated heterocycles. The molecule has 5 aromatic carbocycles. The molecule has 1 aliphatic rings. The van der Waals surface area contributed by atoms with E-state index in [0.717, 1.165) is 11.4 Å². The van der Waals surface area contributed by atoms with E-state index in [1.165, 1.54) is 38.9 Å². The Morgan fingerprint density at radius 1 is 0.485 bits per heavy atom. The molecule has 0 radical (unpaired) electrons. The van der Waals surface area contributed by atoms with Crippen molar-refractivity contribution in [3.05, 3.63) is 155 Å². The molecule has 158 valence electrons. The number of benzene rings is 5. The number of hydrogen-bond acceptors (Lipinski definition) is 1. The second-order valence-electron chi connectivity index (χ2n) is 8.78. The zero-order valence-corrected chi connectivity index (χ0v) is 18.6.